The molecular formula is C16H23ClFN3S. The van der Waals surface area contributed by atoms with Crippen LogP contribution >= 0.6 is 23.8 Å². The lowest BCUT2D eigenvalue weighted by Crippen LogP contribution is -2.51. The van der Waals surface area contributed by atoms with Crippen molar-refractivity contribution in [3.63, 3.8) is 0 Å². The fourth-order valence-electron chi connectivity index (χ4n) is 2.50. The Kier molecular flexibility index (Phi) is 6.86. The largest absolute Gasteiger partial charge is 0.363 e. The molecule has 0 spiro atoms. The highest BCUT2D eigenvalue weighted by Crippen LogP contribution is 2.21. The second-order valence-electron chi connectivity index (χ2n) is 5.55. The lowest BCUT2D eigenvalue weighted by molar-refractivity contribution is 0.173. The highest BCUT2D eigenvalue weighted by molar-refractivity contribution is 7.80. The average molecular weight is 344 g/mol. The molecule has 122 valence electrons. The second kappa shape index (κ2) is 8.65. The number of piperazine rings is 1. The molecule has 1 N–H and O–H groups in total. The van der Waals surface area contributed by atoms with Crippen molar-refractivity contribution in [1.29, 1.82) is 0 Å². The van der Waals surface area contributed by atoms with Gasteiger partial charge in [0, 0.05) is 49.9 Å². The Bertz CT molecular complexity index is 484. The fourth-order valence-corrected chi connectivity index (χ4v) is 3.01. The summed E-state index contributed by atoms with van der Waals surface area (Å²) >= 11 is 11.5. The zero-order valence-corrected chi connectivity index (χ0v) is 14.5. The summed E-state index contributed by atoms with van der Waals surface area (Å²) in [5.41, 5.74) is 0.585. The molecule has 1 aromatic carbocycles. The molecule has 1 heterocycles. The maximum atomic E-state index is 13.8. The van der Waals surface area contributed by atoms with Gasteiger partial charge in [0.25, 0.3) is 0 Å². The first-order valence-electron chi connectivity index (χ1n) is 7.80. The molecule has 0 saturated carbocycles. The molecule has 0 radical (unpaired) electrons. The van der Waals surface area contributed by atoms with Crippen molar-refractivity contribution in [3.05, 3.63) is 34.6 Å². The van der Waals surface area contributed by atoms with Gasteiger partial charge in [0.1, 0.15) is 5.82 Å². The van der Waals surface area contributed by atoms with Crippen molar-refractivity contribution in [3.8, 4) is 0 Å². The third kappa shape index (κ3) is 4.80. The van der Waals surface area contributed by atoms with Gasteiger partial charge < -0.3 is 10.2 Å². The van der Waals surface area contributed by atoms with Gasteiger partial charge in [-0.2, -0.15) is 0 Å². The number of nitrogens with one attached hydrogen (secondary N) is 1. The molecule has 1 saturated heterocycles. The SMILES string of the molecule is CCCCNC(=S)N1CCN(Cc2c(F)cccc2Cl)CC1. The second-order valence-corrected chi connectivity index (χ2v) is 6.34. The van der Waals surface area contributed by atoms with Crippen LogP contribution < -0.4 is 5.32 Å². The van der Waals surface area contributed by atoms with Gasteiger partial charge >= 0.3 is 0 Å². The summed E-state index contributed by atoms with van der Waals surface area (Å²) in [5, 5.41) is 4.62. The van der Waals surface area contributed by atoms with Gasteiger partial charge in [0.15, 0.2) is 5.11 Å². The Hall–Kier alpha value is -0.910. The van der Waals surface area contributed by atoms with Crippen molar-refractivity contribution < 1.29 is 4.39 Å². The van der Waals surface area contributed by atoms with Crippen LogP contribution in [0.25, 0.3) is 0 Å². The number of hydrogen-bond donors (Lipinski definition) is 1. The number of rotatable bonds is 5. The zero-order chi connectivity index (χ0) is 15.9. The summed E-state index contributed by atoms with van der Waals surface area (Å²) in [7, 11) is 0. The van der Waals surface area contributed by atoms with Gasteiger partial charge in [-0.1, -0.05) is 31.0 Å². The molecular weight excluding hydrogens is 321 g/mol. The topological polar surface area (TPSA) is 18.5 Å². The summed E-state index contributed by atoms with van der Waals surface area (Å²) in [5.74, 6) is -0.230. The van der Waals surface area contributed by atoms with Crippen LogP contribution in [0.5, 0.6) is 0 Å². The summed E-state index contributed by atoms with van der Waals surface area (Å²) in [6.45, 7) is 7.10. The summed E-state index contributed by atoms with van der Waals surface area (Å²) in [6, 6.07) is 4.84. The van der Waals surface area contributed by atoms with Gasteiger partial charge in [-0.05, 0) is 30.8 Å². The van der Waals surface area contributed by atoms with E-state index in [0.717, 1.165) is 50.7 Å². The molecule has 0 aliphatic carbocycles. The molecule has 0 aromatic heterocycles. The normalized spacial score (nSPS) is 15.9. The van der Waals surface area contributed by atoms with Gasteiger partial charge in [0.2, 0.25) is 0 Å². The first-order valence-corrected chi connectivity index (χ1v) is 8.58. The molecule has 1 fully saturated rings. The molecule has 3 nitrogen and oxygen atoms in total. The minimum Gasteiger partial charge on any atom is -0.363 e. The van der Waals surface area contributed by atoms with Crippen molar-refractivity contribution >= 4 is 28.9 Å². The lowest BCUT2D eigenvalue weighted by atomic mass is 10.2. The maximum absolute atomic E-state index is 13.8. The van der Waals surface area contributed by atoms with E-state index in [0.29, 0.717) is 17.1 Å². The number of nitrogens with zero attached hydrogens (tertiary/aromatic N) is 2. The van der Waals surface area contributed by atoms with Crippen molar-refractivity contribution in [1.82, 2.24) is 15.1 Å². The predicted molar refractivity (Wildman–Crippen MR) is 93.8 cm³/mol. The third-order valence-electron chi connectivity index (χ3n) is 3.91. The van der Waals surface area contributed by atoms with Crippen molar-refractivity contribution in [2.45, 2.75) is 26.3 Å². The Morgan fingerprint density at radius 2 is 2.05 bits per heavy atom. The molecule has 1 aromatic rings. The van der Waals surface area contributed by atoms with Crippen LogP contribution in [0.2, 0.25) is 5.02 Å². The molecule has 1 aliphatic rings. The highest BCUT2D eigenvalue weighted by atomic mass is 35.5. The predicted octanol–water partition coefficient (Wildman–Crippen LogP) is 3.27. The van der Waals surface area contributed by atoms with Gasteiger partial charge in [-0.25, -0.2) is 4.39 Å². The maximum Gasteiger partial charge on any atom is 0.169 e. The van der Waals surface area contributed by atoms with Crippen molar-refractivity contribution in [2.75, 3.05) is 32.7 Å². The number of benzene rings is 1. The zero-order valence-electron chi connectivity index (χ0n) is 12.9. The Balaban J connectivity index is 1.81. The lowest BCUT2D eigenvalue weighted by Gasteiger charge is -2.36. The summed E-state index contributed by atoms with van der Waals surface area (Å²) in [4.78, 5) is 4.40. The van der Waals surface area contributed by atoms with E-state index in [1.165, 1.54) is 6.07 Å². The van der Waals surface area contributed by atoms with Gasteiger partial charge in [-0.3, -0.25) is 4.90 Å². The van der Waals surface area contributed by atoms with Gasteiger partial charge in [0.05, 0.1) is 0 Å². The van der Waals surface area contributed by atoms with E-state index < -0.39 is 0 Å². The molecule has 0 amide bonds. The quantitative estimate of drug-likeness (QED) is 0.653. The Morgan fingerprint density at radius 3 is 2.68 bits per heavy atom. The van der Waals surface area contributed by atoms with E-state index in [4.69, 9.17) is 23.8 Å². The molecule has 0 atom stereocenters. The van der Waals surface area contributed by atoms with Crippen LogP contribution in [0.3, 0.4) is 0 Å². The Labute approximate surface area is 142 Å². The van der Waals surface area contributed by atoms with Crippen LogP contribution in [0.1, 0.15) is 25.3 Å². The van der Waals surface area contributed by atoms with Crippen LogP contribution in [0, 0.1) is 5.82 Å². The molecule has 22 heavy (non-hydrogen) atoms. The first kappa shape index (κ1) is 17.4. The number of thiocarbonyl (C=S) groups is 1. The molecule has 0 bridgehead atoms. The van der Waals surface area contributed by atoms with Gasteiger partial charge in [-0.15, -0.1) is 0 Å². The average Bonchev–Trinajstić information content (AvgIpc) is 2.52. The third-order valence-corrected chi connectivity index (χ3v) is 4.67. The van der Waals surface area contributed by atoms with E-state index in [1.807, 2.05) is 0 Å². The van der Waals surface area contributed by atoms with E-state index in [2.05, 4.69) is 22.0 Å². The smallest absolute Gasteiger partial charge is 0.169 e. The number of unbranched alkanes of at least 4 members (excludes halogenated alkanes) is 1. The van der Waals surface area contributed by atoms with E-state index >= 15 is 0 Å². The summed E-state index contributed by atoms with van der Waals surface area (Å²) < 4.78 is 13.8. The van der Waals surface area contributed by atoms with Crippen molar-refractivity contribution in [2.24, 2.45) is 0 Å². The molecule has 0 unspecified atom stereocenters. The monoisotopic (exact) mass is 343 g/mol. The molecule has 6 heteroatoms. The van der Waals surface area contributed by atoms with Crippen LogP contribution in [0.15, 0.2) is 18.2 Å². The fraction of sp³-hybridized carbons (Fsp3) is 0.562. The van der Waals surface area contributed by atoms with E-state index in [-0.39, 0.29) is 5.82 Å². The molecule has 2 rings (SSSR count). The highest BCUT2D eigenvalue weighted by Gasteiger charge is 2.20. The Morgan fingerprint density at radius 1 is 1.32 bits per heavy atom. The minimum atomic E-state index is -0.230. The van der Waals surface area contributed by atoms with Crippen LogP contribution in [0.4, 0.5) is 4.39 Å². The first-order chi connectivity index (χ1) is 10.6. The van der Waals surface area contributed by atoms with E-state index in [1.54, 1.807) is 12.1 Å². The number of halogens is 2. The standard InChI is InChI=1S/C16H23ClFN3S/c1-2-3-7-19-16(22)21-10-8-20(9-11-21)12-13-14(17)5-4-6-15(13)18/h4-6H,2-3,7-12H2,1H3,(H,19,22). The molecule has 1 aliphatic heterocycles. The van der Waals surface area contributed by atoms with Crippen LogP contribution in [-0.2, 0) is 6.54 Å². The number of hydrogen-bond acceptors (Lipinski definition) is 2. The van der Waals surface area contributed by atoms with E-state index in [9.17, 15) is 4.39 Å². The summed E-state index contributed by atoms with van der Waals surface area (Å²) in [6.07, 6.45) is 2.29. The van der Waals surface area contributed by atoms with Crippen LogP contribution in [-0.4, -0.2) is 47.6 Å². The minimum absolute atomic E-state index is 0.230.